The van der Waals surface area contributed by atoms with Crippen LogP contribution in [0.3, 0.4) is 0 Å². The summed E-state index contributed by atoms with van der Waals surface area (Å²) in [5.41, 5.74) is 2.51. The number of rotatable bonds is 6. The van der Waals surface area contributed by atoms with Crippen LogP contribution in [0.2, 0.25) is 0 Å². The third-order valence-electron chi connectivity index (χ3n) is 3.26. The molecule has 0 atom stereocenters. The first-order valence-electron chi connectivity index (χ1n) is 7.46. The van der Waals surface area contributed by atoms with Crippen LogP contribution in [-0.4, -0.2) is 25.0 Å². The average molecular weight is 330 g/mol. The molecule has 0 aliphatic carbocycles. The van der Waals surface area contributed by atoms with Gasteiger partial charge in [-0.3, -0.25) is 9.59 Å². The van der Waals surface area contributed by atoms with Gasteiger partial charge in [0.15, 0.2) is 6.61 Å². The summed E-state index contributed by atoms with van der Waals surface area (Å²) in [6, 6.07) is 11.0. The number of amides is 2. The summed E-state index contributed by atoms with van der Waals surface area (Å²) in [6.07, 6.45) is 0. The van der Waals surface area contributed by atoms with Gasteiger partial charge in [-0.2, -0.15) is 0 Å². The zero-order valence-electron chi connectivity index (χ0n) is 13.6. The highest BCUT2D eigenvalue weighted by molar-refractivity contribution is 5.94. The Bertz CT molecular complexity index is 730. The van der Waals surface area contributed by atoms with Crippen molar-refractivity contribution in [2.75, 3.05) is 18.5 Å². The Kier molecular flexibility index (Phi) is 5.89. The topological polar surface area (TPSA) is 67.4 Å². The number of carbonyl (C=O) groups excluding carboxylic acids is 2. The van der Waals surface area contributed by atoms with E-state index in [0.717, 1.165) is 11.1 Å². The molecular formula is C18H19FN2O3. The second kappa shape index (κ2) is 8.10. The standard InChI is InChI=1S/C18H19FN2O3/c1-12-3-8-16(13(2)9-12)24-11-18(23)20-10-17(22)21-15-6-4-14(19)5-7-15/h3-9H,10-11H2,1-2H3,(H,20,23)(H,21,22). The first-order valence-corrected chi connectivity index (χ1v) is 7.46. The molecule has 2 aromatic rings. The Morgan fingerprint density at radius 2 is 1.75 bits per heavy atom. The van der Waals surface area contributed by atoms with Gasteiger partial charge in [-0.1, -0.05) is 17.7 Å². The first kappa shape index (κ1) is 17.5. The molecule has 0 heterocycles. The van der Waals surface area contributed by atoms with Crippen molar-refractivity contribution in [3.63, 3.8) is 0 Å². The van der Waals surface area contributed by atoms with Gasteiger partial charge in [0.05, 0.1) is 6.54 Å². The van der Waals surface area contributed by atoms with Gasteiger partial charge < -0.3 is 15.4 Å². The van der Waals surface area contributed by atoms with E-state index in [9.17, 15) is 14.0 Å². The monoisotopic (exact) mass is 330 g/mol. The van der Waals surface area contributed by atoms with Crippen molar-refractivity contribution in [3.8, 4) is 5.75 Å². The summed E-state index contributed by atoms with van der Waals surface area (Å²) in [5.74, 6) is -0.554. The molecule has 2 aromatic carbocycles. The maximum absolute atomic E-state index is 12.8. The van der Waals surface area contributed by atoms with E-state index in [4.69, 9.17) is 4.74 Å². The Morgan fingerprint density at radius 1 is 1.04 bits per heavy atom. The van der Waals surface area contributed by atoms with E-state index in [-0.39, 0.29) is 19.0 Å². The Hall–Kier alpha value is -2.89. The quantitative estimate of drug-likeness (QED) is 0.855. The van der Waals surface area contributed by atoms with Crippen molar-refractivity contribution in [3.05, 3.63) is 59.4 Å². The molecule has 0 aliphatic heterocycles. The number of nitrogens with one attached hydrogen (secondary N) is 2. The van der Waals surface area contributed by atoms with Gasteiger partial charge in [-0.15, -0.1) is 0 Å². The molecule has 6 heteroatoms. The minimum absolute atomic E-state index is 0.173. The van der Waals surface area contributed by atoms with Crippen LogP contribution in [0.25, 0.3) is 0 Å². The lowest BCUT2D eigenvalue weighted by Gasteiger charge is -2.10. The van der Waals surface area contributed by atoms with Crippen LogP contribution < -0.4 is 15.4 Å². The van der Waals surface area contributed by atoms with E-state index in [1.54, 1.807) is 6.07 Å². The fourth-order valence-corrected chi connectivity index (χ4v) is 2.07. The second-order valence-electron chi connectivity index (χ2n) is 5.39. The van der Waals surface area contributed by atoms with Gasteiger partial charge in [-0.05, 0) is 49.7 Å². The Labute approximate surface area is 139 Å². The molecule has 0 bridgehead atoms. The number of anilines is 1. The third kappa shape index (κ3) is 5.39. The SMILES string of the molecule is Cc1ccc(OCC(=O)NCC(=O)Nc2ccc(F)cc2)c(C)c1. The summed E-state index contributed by atoms with van der Waals surface area (Å²) >= 11 is 0. The Balaban J connectivity index is 1.74. The lowest BCUT2D eigenvalue weighted by atomic mass is 10.1. The third-order valence-corrected chi connectivity index (χ3v) is 3.26. The van der Waals surface area contributed by atoms with Crippen molar-refractivity contribution >= 4 is 17.5 Å². The minimum atomic E-state index is -0.401. The molecule has 2 rings (SSSR count). The fraction of sp³-hybridized carbons (Fsp3) is 0.222. The van der Waals surface area contributed by atoms with Crippen LogP contribution in [0, 0.1) is 19.7 Å². The summed E-state index contributed by atoms with van der Waals surface area (Å²) in [7, 11) is 0. The summed E-state index contributed by atoms with van der Waals surface area (Å²) in [5, 5.41) is 5.02. The number of halogens is 1. The normalized spacial score (nSPS) is 10.1. The number of aryl methyl sites for hydroxylation is 2. The number of hydrogen-bond acceptors (Lipinski definition) is 3. The lowest BCUT2D eigenvalue weighted by molar-refractivity contribution is -0.125. The van der Waals surface area contributed by atoms with Gasteiger partial charge in [-0.25, -0.2) is 4.39 Å². The summed E-state index contributed by atoms with van der Waals surface area (Å²) in [4.78, 5) is 23.4. The Morgan fingerprint density at radius 3 is 2.42 bits per heavy atom. The van der Waals surface area contributed by atoms with Crippen LogP contribution in [0.5, 0.6) is 5.75 Å². The van der Waals surface area contributed by atoms with E-state index < -0.39 is 11.8 Å². The van der Waals surface area contributed by atoms with Gasteiger partial charge in [0, 0.05) is 5.69 Å². The highest BCUT2D eigenvalue weighted by Gasteiger charge is 2.08. The summed E-state index contributed by atoms with van der Waals surface area (Å²) in [6.45, 7) is 3.51. The molecule has 0 fully saturated rings. The van der Waals surface area contributed by atoms with Crippen LogP contribution in [-0.2, 0) is 9.59 Å². The van der Waals surface area contributed by atoms with Crippen LogP contribution in [0.4, 0.5) is 10.1 Å². The van der Waals surface area contributed by atoms with Crippen molar-refractivity contribution in [1.82, 2.24) is 5.32 Å². The van der Waals surface area contributed by atoms with E-state index in [1.807, 2.05) is 26.0 Å². The zero-order chi connectivity index (χ0) is 17.5. The largest absolute Gasteiger partial charge is 0.484 e. The molecule has 0 aromatic heterocycles. The fourth-order valence-electron chi connectivity index (χ4n) is 2.07. The van der Waals surface area contributed by atoms with Gasteiger partial charge in [0.2, 0.25) is 5.91 Å². The van der Waals surface area contributed by atoms with Crippen molar-refractivity contribution in [2.24, 2.45) is 0 Å². The first-order chi connectivity index (χ1) is 11.4. The molecule has 0 aliphatic rings. The van der Waals surface area contributed by atoms with E-state index in [2.05, 4.69) is 10.6 Å². The number of hydrogen-bond donors (Lipinski definition) is 2. The molecule has 0 spiro atoms. The zero-order valence-corrected chi connectivity index (χ0v) is 13.6. The second-order valence-corrected chi connectivity index (χ2v) is 5.39. The molecule has 2 amide bonds. The van der Waals surface area contributed by atoms with Crippen LogP contribution in [0.15, 0.2) is 42.5 Å². The van der Waals surface area contributed by atoms with Crippen molar-refractivity contribution < 1.29 is 18.7 Å². The lowest BCUT2D eigenvalue weighted by Crippen LogP contribution is -2.35. The van der Waals surface area contributed by atoms with Crippen molar-refractivity contribution in [2.45, 2.75) is 13.8 Å². The molecule has 24 heavy (non-hydrogen) atoms. The van der Waals surface area contributed by atoms with Gasteiger partial charge >= 0.3 is 0 Å². The van der Waals surface area contributed by atoms with Gasteiger partial charge in [0.1, 0.15) is 11.6 Å². The predicted octanol–water partition coefficient (Wildman–Crippen LogP) is 2.58. The number of ether oxygens (including phenoxy) is 1. The van der Waals surface area contributed by atoms with Crippen molar-refractivity contribution in [1.29, 1.82) is 0 Å². The summed E-state index contributed by atoms with van der Waals surface area (Å²) < 4.78 is 18.2. The van der Waals surface area contributed by atoms with Crippen LogP contribution >= 0.6 is 0 Å². The highest BCUT2D eigenvalue weighted by atomic mass is 19.1. The van der Waals surface area contributed by atoms with Crippen LogP contribution in [0.1, 0.15) is 11.1 Å². The minimum Gasteiger partial charge on any atom is -0.484 e. The highest BCUT2D eigenvalue weighted by Crippen LogP contribution is 2.18. The smallest absolute Gasteiger partial charge is 0.258 e. The van der Waals surface area contributed by atoms with E-state index in [1.165, 1.54) is 24.3 Å². The van der Waals surface area contributed by atoms with E-state index >= 15 is 0 Å². The molecule has 126 valence electrons. The molecule has 0 saturated heterocycles. The maximum Gasteiger partial charge on any atom is 0.258 e. The molecule has 2 N–H and O–H groups in total. The molecular weight excluding hydrogens is 311 g/mol. The maximum atomic E-state index is 12.8. The molecule has 5 nitrogen and oxygen atoms in total. The number of carbonyl (C=O) groups is 2. The molecule has 0 radical (unpaired) electrons. The predicted molar refractivity (Wildman–Crippen MR) is 89.5 cm³/mol. The van der Waals surface area contributed by atoms with E-state index in [0.29, 0.717) is 11.4 Å². The van der Waals surface area contributed by atoms with Gasteiger partial charge in [0.25, 0.3) is 5.91 Å². The number of benzene rings is 2. The average Bonchev–Trinajstić information content (AvgIpc) is 2.54. The molecule has 0 saturated carbocycles. The molecule has 0 unspecified atom stereocenters.